The Bertz CT molecular complexity index is 1900. The number of methoxy groups -OCH3 is 4. The summed E-state index contributed by atoms with van der Waals surface area (Å²) in [7, 11) is 1.23. The lowest BCUT2D eigenvalue weighted by Gasteiger charge is -2.34. The van der Waals surface area contributed by atoms with Crippen LogP contribution in [0, 0.1) is 6.92 Å². The largest absolute Gasteiger partial charge is 0.497 e. The van der Waals surface area contributed by atoms with Gasteiger partial charge in [0.15, 0.2) is 11.5 Å². The summed E-state index contributed by atoms with van der Waals surface area (Å²) in [5.74, 6) is 0.102. The molecule has 0 radical (unpaired) electrons. The quantitative estimate of drug-likeness (QED) is 0.146. The van der Waals surface area contributed by atoms with Crippen molar-refractivity contribution < 1.29 is 37.0 Å². The Morgan fingerprint density at radius 1 is 0.765 bits per heavy atom. The number of hydrogen-bond donors (Lipinski definition) is 1. The maximum atomic E-state index is 14.9. The molecule has 4 aromatic carbocycles. The molecule has 2 atom stereocenters. The highest BCUT2D eigenvalue weighted by Gasteiger charge is 2.36. The molecule has 272 valence electrons. The fourth-order valence-corrected chi connectivity index (χ4v) is 7.04. The molecule has 11 nitrogen and oxygen atoms in total. The van der Waals surface area contributed by atoms with Gasteiger partial charge in [-0.1, -0.05) is 67.1 Å². The van der Waals surface area contributed by atoms with Gasteiger partial charge in [-0.25, -0.2) is 8.42 Å². The maximum Gasteiger partial charge on any atom is 0.265 e. The topological polar surface area (TPSA) is 124 Å². The van der Waals surface area contributed by atoms with Crippen LogP contribution < -0.4 is 28.6 Å². The molecule has 1 N–H and O–H groups in total. The number of rotatable bonds is 17. The lowest BCUT2D eigenvalue weighted by molar-refractivity contribution is -0.140. The Labute approximate surface area is 301 Å². The van der Waals surface area contributed by atoms with Crippen LogP contribution in [0.4, 0.5) is 5.69 Å². The van der Waals surface area contributed by atoms with E-state index in [9.17, 15) is 18.0 Å². The van der Waals surface area contributed by atoms with Gasteiger partial charge in [-0.05, 0) is 55.7 Å². The van der Waals surface area contributed by atoms with Gasteiger partial charge in [-0.3, -0.25) is 13.9 Å². The van der Waals surface area contributed by atoms with Crippen LogP contribution >= 0.6 is 0 Å². The molecule has 0 saturated heterocycles. The Morgan fingerprint density at radius 2 is 1.43 bits per heavy atom. The molecule has 4 aromatic rings. The number of benzene rings is 4. The molecule has 0 bridgehead atoms. The van der Waals surface area contributed by atoms with Crippen LogP contribution in [0.15, 0.2) is 95.9 Å². The molecule has 0 saturated carbocycles. The van der Waals surface area contributed by atoms with E-state index in [0.29, 0.717) is 17.9 Å². The first-order valence-electron chi connectivity index (χ1n) is 16.6. The van der Waals surface area contributed by atoms with Gasteiger partial charge in [0, 0.05) is 31.1 Å². The predicted molar refractivity (Wildman–Crippen MR) is 197 cm³/mol. The minimum absolute atomic E-state index is 0.0471. The Hall–Kier alpha value is -5.23. The van der Waals surface area contributed by atoms with E-state index in [1.165, 1.54) is 57.6 Å². The number of ether oxygens (including phenoxy) is 4. The molecule has 0 aliphatic carbocycles. The number of anilines is 1. The number of nitrogens with one attached hydrogen (secondary N) is 1. The zero-order valence-electron chi connectivity index (χ0n) is 30.2. The van der Waals surface area contributed by atoms with E-state index in [2.05, 4.69) is 5.32 Å². The zero-order valence-corrected chi connectivity index (χ0v) is 31.0. The van der Waals surface area contributed by atoms with Crippen LogP contribution in [0.2, 0.25) is 0 Å². The fourth-order valence-electron chi connectivity index (χ4n) is 5.61. The van der Waals surface area contributed by atoms with Crippen molar-refractivity contribution in [3.8, 4) is 23.0 Å². The van der Waals surface area contributed by atoms with Crippen LogP contribution in [0.3, 0.4) is 0 Å². The smallest absolute Gasteiger partial charge is 0.265 e. The number of carbonyl (C=O) groups is 2. The van der Waals surface area contributed by atoms with Gasteiger partial charge in [-0.2, -0.15) is 0 Å². The number of hydrogen-bond acceptors (Lipinski definition) is 8. The molecule has 0 fully saturated rings. The second kappa shape index (κ2) is 17.6. The summed E-state index contributed by atoms with van der Waals surface area (Å²) in [5, 5.41) is 3.05. The highest BCUT2D eigenvalue weighted by Crippen LogP contribution is 2.38. The van der Waals surface area contributed by atoms with Crippen molar-refractivity contribution in [2.24, 2.45) is 0 Å². The van der Waals surface area contributed by atoms with Crippen LogP contribution in [-0.4, -0.2) is 72.2 Å². The third-order valence-corrected chi connectivity index (χ3v) is 10.3. The fraction of sp³-hybridized carbons (Fsp3) is 0.333. The van der Waals surface area contributed by atoms with E-state index < -0.39 is 28.5 Å². The Morgan fingerprint density at radius 3 is 2.06 bits per heavy atom. The van der Waals surface area contributed by atoms with Crippen LogP contribution in [0.25, 0.3) is 0 Å². The SMILES string of the molecule is CC[C@@H](C)NC(=O)[C@@H](Cc1ccccc1)N(Cc1cccc(C)c1)C(=O)CN(c1cc(OC)ccc1OC)S(=O)(=O)c1ccc(OC)c(OC)c1. The van der Waals surface area contributed by atoms with Crippen molar-refractivity contribution in [1.29, 1.82) is 0 Å². The molecular weight excluding hydrogens is 671 g/mol. The molecule has 2 amide bonds. The molecule has 0 unspecified atom stereocenters. The summed E-state index contributed by atoms with van der Waals surface area (Å²) in [4.78, 5) is 30.3. The highest BCUT2D eigenvalue weighted by atomic mass is 32.2. The van der Waals surface area contributed by atoms with E-state index in [1.807, 2.05) is 75.4 Å². The lowest BCUT2D eigenvalue weighted by Crippen LogP contribution is -2.54. The first-order valence-corrected chi connectivity index (χ1v) is 18.1. The summed E-state index contributed by atoms with van der Waals surface area (Å²) < 4.78 is 52.2. The van der Waals surface area contributed by atoms with Crippen molar-refractivity contribution in [1.82, 2.24) is 10.2 Å². The first kappa shape index (κ1) is 38.6. The number of amides is 2. The number of carbonyl (C=O) groups excluding carboxylic acids is 2. The molecule has 0 spiro atoms. The van der Waals surface area contributed by atoms with Gasteiger partial charge in [0.2, 0.25) is 11.8 Å². The monoisotopic (exact) mass is 717 g/mol. The van der Waals surface area contributed by atoms with E-state index >= 15 is 0 Å². The second-order valence-electron chi connectivity index (χ2n) is 12.1. The Kier molecular flexibility index (Phi) is 13.3. The van der Waals surface area contributed by atoms with E-state index in [0.717, 1.165) is 21.0 Å². The zero-order chi connectivity index (χ0) is 37.1. The molecule has 0 aliphatic rings. The predicted octanol–water partition coefficient (Wildman–Crippen LogP) is 5.78. The summed E-state index contributed by atoms with van der Waals surface area (Å²) in [6, 6.07) is 24.8. The number of aryl methyl sites for hydroxylation is 1. The summed E-state index contributed by atoms with van der Waals surface area (Å²) >= 11 is 0. The van der Waals surface area contributed by atoms with Crippen molar-refractivity contribution in [2.45, 2.75) is 57.1 Å². The van der Waals surface area contributed by atoms with Crippen molar-refractivity contribution >= 4 is 27.5 Å². The van der Waals surface area contributed by atoms with Crippen LogP contribution in [0.5, 0.6) is 23.0 Å². The third-order valence-electron chi connectivity index (χ3n) is 8.58. The van der Waals surface area contributed by atoms with E-state index in [1.54, 1.807) is 12.1 Å². The van der Waals surface area contributed by atoms with Gasteiger partial charge in [-0.15, -0.1) is 0 Å². The minimum atomic E-state index is -4.49. The first-order chi connectivity index (χ1) is 24.4. The highest BCUT2D eigenvalue weighted by molar-refractivity contribution is 7.92. The summed E-state index contributed by atoms with van der Waals surface area (Å²) in [5.41, 5.74) is 2.67. The lowest BCUT2D eigenvalue weighted by atomic mass is 10.0. The van der Waals surface area contributed by atoms with Crippen molar-refractivity contribution in [3.63, 3.8) is 0 Å². The molecule has 0 heterocycles. The standard InChI is InChI=1S/C39H47N3O8S/c1-8-28(3)40-39(44)34(22-29-14-10-9-11-15-29)41(25-30-16-12-13-27(2)21-30)38(43)26-42(33-23-31(47-4)17-19-35(33)48-5)51(45,46)32-18-20-36(49-6)37(24-32)50-7/h9-21,23-24,28,34H,8,22,25-26H2,1-7H3,(H,40,44)/t28-,34-/m1/s1. The average Bonchev–Trinajstić information content (AvgIpc) is 3.14. The number of nitrogens with zero attached hydrogens (tertiary/aromatic N) is 2. The van der Waals surface area contributed by atoms with E-state index in [4.69, 9.17) is 18.9 Å². The normalized spacial score (nSPS) is 12.3. The Balaban J connectivity index is 1.90. The number of sulfonamides is 1. The summed E-state index contributed by atoms with van der Waals surface area (Å²) in [6.45, 7) is 5.18. The molecule has 0 aliphatic heterocycles. The van der Waals surface area contributed by atoms with Crippen molar-refractivity contribution in [2.75, 3.05) is 39.3 Å². The summed E-state index contributed by atoms with van der Waals surface area (Å²) in [6.07, 6.45) is 0.883. The van der Waals surface area contributed by atoms with E-state index in [-0.39, 0.29) is 47.0 Å². The van der Waals surface area contributed by atoms with Gasteiger partial charge in [0.05, 0.1) is 39.0 Å². The van der Waals surface area contributed by atoms with Crippen molar-refractivity contribution in [3.05, 3.63) is 108 Å². The molecule has 12 heteroatoms. The van der Waals surface area contributed by atoms with Gasteiger partial charge in [0.1, 0.15) is 24.1 Å². The average molecular weight is 718 g/mol. The second-order valence-corrected chi connectivity index (χ2v) is 14.0. The molecule has 51 heavy (non-hydrogen) atoms. The molecule has 0 aromatic heterocycles. The van der Waals surface area contributed by atoms with Crippen LogP contribution in [0.1, 0.15) is 37.0 Å². The third kappa shape index (κ3) is 9.52. The molecular formula is C39H47N3O8S. The molecule has 4 rings (SSSR count). The van der Waals surface area contributed by atoms with Gasteiger partial charge in [0.25, 0.3) is 10.0 Å². The van der Waals surface area contributed by atoms with Crippen LogP contribution in [-0.2, 0) is 32.6 Å². The van der Waals surface area contributed by atoms with Gasteiger partial charge >= 0.3 is 0 Å². The maximum absolute atomic E-state index is 14.9. The van der Waals surface area contributed by atoms with Gasteiger partial charge < -0.3 is 29.2 Å². The minimum Gasteiger partial charge on any atom is -0.497 e.